The van der Waals surface area contributed by atoms with Crippen molar-refractivity contribution in [2.24, 2.45) is 5.92 Å². The summed E-state index contributed by atoms with van der Waals surface area (Å²) in [7, 11) is 0. The molecule has 25 heavy (non-hydrogen) atoms. The summed E-state index contributed by atoms with van der Waals surface area (Å²) in [6.45, 7) is 5.03. The molecule has 0 radical (unpaired) electrons. The maximum absolute atomic E-state index is 12.3. The van der Waals surface area contributed by atoms with Crippen LogP contribution in [-0.2, 0) is 22.5 Å². The van der Waals surface area contributed by atoms with Crippen molar-refractivity contribution in [2.45, 2.75) is 33.2 Å². The van der Waals surface area contributed by atoms with Crippen LogP contribution >= 0.6 is 0 Å². The molecule has 132 valence electrons. The first-order valence-electron chi connectivity index (χ1n) is 8.52. The molecule has 1 aromatic heterocycles. The second-order valence-electron chi connectivity index (χ2n) is 6.34. The second-order valence-corrected chi connectivity index (χ2v) is 6.34. The molecule has 2 aromatic rings. The molecule has 1 amide bonds. The molecule has 0 spiro atoms. The molecule has 0 aliphatic carbocycles. The van der Waals surface area contributed by atoms with Crippen LogP contribution in [0.3, 0.4) is 0 Å². The highest BCUT2D eigenvalue weighted by molar-refractivity contribution is 5.91. The number of carbonyl (C=O) groups is 2. The Morgan fingerprint density at radius 2 is 2.12 bits per heavy atom. The summed E-state index contributed by atoms with van der Waals surface area (Å²) in [5.74, 6) is 0.158. The molecule has 6 nitrogen and oxygen atoms in total. The molecule has 0 saturated carbocycles. The Labute approximate surface area is 146 Å². The average Bonchev–Trinajstić information content (AvgIpc) is 3.16. The Morgan fingerprint density at radius 3 is 2.84 bits per heavy atom. The summed E-state index contributed by atoms with van der Waals surface area (Å²) in [6.07, 6.45) is 1.01. The minimum absolute atomic E-state index is 0.0189. The first-order chi connectivity index (χ1) is 12.1. The van der Waals surface area contributed by atoms with Gasteiger partial charge in [-0.15, -0.1) is 0 Å². The van der Waals surface area contributed by atoms with Gasteiger partial charge in [-0.25, -0.2) is 4.79 Å². The zero-order chi connectivity index (χ0) is 17.8. The maximum atomic E-state index is 12.3. The number of nitrogens with zero attached hydrogens (tertiary/aromatic N) is 2. The Kier molecular flexibility index (Phi) is 5.16. The van der Waals surface area contributed by atoms with E-state index in [1.165, 1.54) is 0 Å². The van der Waals surface area contributed by atoms with Gasteiger partial charge < -0.3 is 14.2 Å². The summed E-state index contributed by atoms with van der Waals surface area (Å²) in [5.41, 5.74) is 2.12. The predicted molar refractivity (Wildman–Crippen MR) is 90.9 cm³/mol. The number of ether oxygens (including phenoxy) is 1. The molecule has 1 aliphatic heterocycles. The Bertz CT molecular complexity index is 754. The smallest absolute Gasteiger partial charge is 0.343 e. The topological polar surface area (TPSA) is 72.6 Å². The van der Waals surface area contributed by atoms with Crippen LogP contribution in [0.15, 0.2) is 34.9 Å². The highest BCUT2D eigenvalue weighted by Gasteiger charge is 2.31. The van der Waals surface area contributed by atoms with E-state index in [1.807, 2.05) is 42.2 Å². The lowest BCUT2D eigenvalue weighted by Gasteiger charge is -2.16. The summed E-state index contributed by atoms with van der Waals surface area (Å²) in [5, 5.41) is 3.87. The molecule has 2 heterocycles. The van der Waals surface area contributed by atoms with E-state index in [0.717, 1.165) is 5.56 Å². The number of likely N-dealkylation sites (tertiary alicyclic amines) is 1. The molecular formula is C19H22N2O4. The van der Waals surface area contributed by atoms with E-state index in [2.05, 4.69) is 5.16 Å². The molecule has 1 fully saturated rings. The van der Waals surface area contributed by atoms with Crippen molar-refractivity contribution in [3.05, 3.63) is 52.9 Å². The molecular weight excluding hydrogens is 320 g/mol. The van der Waals surface area contributed by atoms with Gasteiger partial charge in [0.15, 0.2) is 0 Å². The van der Waals surface area contributed by atoms with Gasteiger partial charge in [0.1, 0.15) is 11.3 Å². The van der Waals surface area contributed by atoms with Crippen molar-refractivity contribution in [1.29, 1.82) is 0 Å². The van der Waals surface area contributed by atoms with E-state index in [0.29, 0.717) is 42.9 Å². The van der Waals surface area contributed by atoms with Gasteiger partial charge in [-0.3, -0.25) is 4.79 Å². The fourth-order valence-corrected chi connectivity index (χ4v) is 3.11. The Morgan fingerprint density at radius 1 is 1.36 bits per heavy atom. The van der Waals surface area contributed by atoms with E-state index < -0.39 is 5.97 Å². The van der Waals surface area contributed by atoms with E-state index in [9.17, 15) is 9.59 Å². The summed E-state index contributed by atoms with van der Waals surface area (Å²) in [6, 6.07) is 9.88. The number of hydrogen-bond acceptors (Lipinski definition) is 5. The third-order valence-electron chi connectivity index (χ3n) is 4.43. The normalized spacial score (nSPS) is 17.1. The standard InChI is InChI=1S/C19H22N2O4/c1-3-16-18(13(2)25-20-16)19(23)24-12-15-9-17(22)21(11-15)10-14-7-5-4-6-8-14/h4-8,15H,3,9-12H2,1-2H3. The first kappa shape index (κ1) is 17.2. The predicted octanol–water partition coefficient (Wildman–Crippen LogP) is 2.75. The van der Waals surface area contributed by atoms with E-state index >= 15 is 0 Å². The van der Waals surface area contributed by atoms with Gasteiger partial charge >= 0.3 is 5.97 Å². The van der Waals surface area contributed by atoms with Gasteiger partial charge in [0.25, 0.3) is 0 Å². The van der Waals surface area contributed by atoms with Gasteiger partial charge in [0.2, 0.25) is 5.91 Å². The van der Waals surface area contributed by atoms with Gasteiger partial charge in [0.05, 0.1) is 12.3 Å². The lowest BCUT2D eigenvalue weighted by atomic mass is 10.1. The SMILES string of the molecule is CCc1noc(C)c1C(=O)OCC1CC(=O)N(Cc2ccccc2)C1. The van der Waals surface area contributed by atoms with Crippen LogP contribution in [0.2, 0.25) is 0 Å². The molecule has 1 unspecified atom stereocenters. The molecule has 0 N–H and O–H groups in total. The maximum Gasteiger partial charge on any atom is 0.343 e. The lowest BCUT2D eigenvalue weighted by Crippen LogP contribution is -2.25. The van der Waals surface area contributed by atoms with Crippen molar-refractivity contribution in [3.8, 4) is 0 Å². The number of rotatable bonds is 6. The number of hydrogen-bond donors (Lipinski definition) is 0. The van der Waals surface area contributed by atoms with E-state index in [4.69, 9.17) is 9.26 Å². The highest BCUT2D eigenvalue weighted by Crippen LogP contribution is 2.22. The Balaban J connectivity index is 1.55. The van der Waals surface area contributed by atoms with Crippen LogP contribution < -0.4 is 0 Å². The van der Waals surface area contributed by atoms with Crippen LogP contribution in [-0.4, -0.2) is 35.1 Å². The molecule has 1 aliphatic rings. The largest absolute Gasteiger partial charge is 0.462 e. The Hall–Kier alpha value is -2.63. The van der Waals surface area contributed by atoms with Crippen molar-refractivity contribution in [3.63, 3.8) is 0 Å². The van der Waals surface area contributed by atoms with Gasteiger partial charge in [-0.1, -0.05) is 42.4 Å². The van der Waals surface area contributed by atoms with Crippen molar-refractivity contribution < 1.29 is 18.8 Å². The number of amides is 1. The van der Waals surface area contributed by atoms with Gasteiger partial charge in [0, 0.05) is 25.4 Å². The number of esters is 1. The van der Waals surface area contributed by atoms with Crippen LogP contribution in [0.4, 0.5) is 0 Å². The fraction of sp³-hybridized carbons (Fsp3) is 0.421. The molecule has 6 heteroatoms. The summed E-state index contributed by atoms with van der Waals surface area (Å²) >= 11 is 0. The van der Waals surface area contributed by atoms with Crippen LogP contribution in [0.1, 0.15) is 40.7 Å². The zero-order valence-corrected chi connectivity index (χ0v) is 14.5. The van der Waals surface area contributed by atoms with Gasteiger partial charge in [-0.2, -0.15) is 0 Å². The second kappa shape index (κ2) is 7.51. The van der Waals surface area contributed by atoms with Crippen LogP contribution in [0.25, 0.3) is 0 Å². The number of benzene rings is 1. The minimum atomic E-state index is -0.426. The quantitative estimate of drug-likeness (QED) is 0.755. The zero-order valence-electron chi connectivity index (χ0n) is 14.5. The molecule has 3 rings (SSSR count). The average molecular weight is 342 g/mol. The van der Waals surface area contributed by atoms with Gasteiger partial charge in [-0.05, 0) is 18.9 Å². The molecule has 1 atom stereocenters. The molecule has 1 saturated heterocycles. The van der Waals surface area contributed by atoms with Crippen LogP contribution in [0, 0.1) is 12.8 Å². The number of aryl methyl sites for hydroxylation is 2. The molecule has 1 aromatic carbocycles. The third-order valence-corrected chi connectivity index (χ3v) is 4.43. The van der Waals surface area contributed by atoms with Crippen molar-refractivity contribution in [2.75, 3.05) is 13.2 Å². The monoisotopic (exact) mass is 342 g/mol. The number of carbonyl (C=O) groups excluding carboxylic acids is 2. The summed E-state index contributed by atoms with van der Waals surface area (Å²) < 4.78 is 10.5. The van der Waals surface area contributed by atoms with Crippen LogP contribution in [0.5, 0.6) is 0 Å². The molecule has 0 bridgehead atoms. The first-order valence-corrected chi connectivity index (χ1v) is 8.52. The van der Waals surface area contributed by atoms with Crippen molar-refractivity contribution in [1.82, 2.24) is 10.1 Å². The fourth-order valence-electron chi connectivity index (χ4n) is 3.11. The minimum Gasteiger partial charge on any atom is -0.462 e. The van der Waals surface area contributed by atoms with Crippen molar-refractivity contribution >= 4 is 11.9 Å². The number of aromatic nitrogens is 1. The summed E-state index contributed by atoms with van der Waals surface area (Å²) in [4.78, 5) is 26.3. The lowest BCUT2D eigenvalue weighted by molar-refractivity contribution is -0.128. The van der Waals surface area contributed by atoms with E-state index in [-0.39, 0.29) is 18.4 Å². The van der Waals surface area contributed by atoms with E-state index in [1.54, 1.807) is 6.92 Å². The third kappa shape index (κ3) is 3.90. The highest BCUT2D eigenvalue weighted by atomic mass is 16.5.